The minimum atomic E-state index is 0.119. The van der Waals surface area contributed by atoms with Crippen molar-refractivity contribution in [3.63, 3.8) is 0 Å². The molecule has 0 aliphatic rings. The van der Waals surface area contributed by atoms with E-state index in [1.165, 1.54) is 11.1 Å². The molecule has 1 nitrogen and oxygen atoms in total. The molecule has 0 unspecified atom stereocenters. The summed E-state index contributed by atoms with van der Waals surface area (Å²) in [6, 6.07) is 8.74. The summed E-state index contributed by atoms with van der Waals surface area (Å²) in [5.41, 5.74) is 2.80. The van der Waals surface area contributed by atoms with Crippen molar-refractivity contribution in [2.75, 3.05) is 14.1 Å². The lowest BCUT2D eigenvalue weighted by Crippen LogP contribution is -2.35. The van der Waals surface area contributed by atoms with Gasteiger partial charge in [-0.1, -0.05) is 43.7 Å². The van der Waals surface area contributed by atoms with Crippen LogP contribution in [-0.4, -0.2) is 19.0 Å². The molecule has 0 spiro atoms. The Balaban J connectivity index is 0.000000921. The van der Waals surface area contributed by atoms with Gasteiger partial charge >= 0.3 is 0 Å². The summed E-state index contributed by atoms with van der Waals surface area (Å²) in [4.78, 5) is 2.23. The first-order chi connectivity index (χ1) is 6.94. The van der Waals surface area contributed by atoms with Crippen LogP contribution < -0.4 is 0 Å². The molecular weight excluding hydrogens is 182 g/mol. The third-order valence-electron chi connectivity index (χ3n) is 2.88. The van der Waals surface area contributed by atoms with Gasteiger partial charge in [0, 0.05) is 5.54 Å². The van der Waals surface area contributed by atoms with Crippen molar-refractivity contribution in [1.29, 1.82) is 0 Å². The van der Waals surface area contributed by atoms with Gasteiger partial charge in [0.15, 0.2) is 0 Å². The van der Waals surface area contributed by atoms with E-state index in [-0.39, 0.29) is 5.54 Å². The van der Waals surface area contributed by atoms with Crippen LogP contribution in [0.25, 0.3) is 0 Å². The van der Waals surface area contributed by atoms with E-state index in [1.807, 2.05) is 13.8 Å². The molecule has 1 aromatic carbocycles. The summed E-state index contributed by atoms with van der Waals surface area (Å²) in [6.45, 7) is 10.6. The highest BCUT2D eigenvalue weighted by Crippen LogP contribution is 2.24. The summed E-state index contributed by atoms with van der Waals surface area (Å²) in [6.07, 6.45) is 0. The second-order valence-corrected chi connectivity index (χ2v) is 4.32. The van der Waals surface area contributed by atoms with E-state index in [1.54, 1.807) is 0 Å². The molecule has 15 heavy (non-hydrogen) atoms. The van der Waals surface area contributed by atoms with Gasteiger partial charge in [0.05, 0.1) is 0 Å². The fraction of sp³-hybridized carbons (Fsp3) is 0.571. The van der Waals surface area contributed by atoms with Crippen LogP contribution >= 0.6 is 0 Å². The van der Waals surface area contributed by atoms with Crippen LogP contribution in [0.2, 0.25) is 0 Å². The molecule has 0 aliphatic carbocycles. The summed E-state index contributed by atoms with van der Waals surface area (Å²) >= 11 is 0. The van der Waals surface area contributed by atoms with E-state index < -0.39 is 0 Å². The number of aryl methyl sites for hydroxylation is 1. The lowest BCUT2D eigenvalue weighted by molar-refractivity contribution is 0.197. The molecule has 0 atom stereocenters. The van der Waals surface area contributed by atoms with Crippen molar-refractivity contribution in [2.24, 2.45) is 0 Å². The molecule has 86 valence electrons. The van der Waals surface area contributed by atoms with Crippen LogP contribution in [0.4, 0.5) is 0 Å². The van der Waals surface area contributed by atoms with Gasteiger partial charge in [-0.2, -0.15) is 0 Å². The summed E-state index contributed by atoms with van der Waals surface area (Å²) < 4.78 is 0. The Labute approximate surface area is 95.1 Å². The third-order valence-corrected chi connectivity index (χ3v) is 2.88. The second-order valence-electron chi connectivity index (χ2n) is 4.32. The summed E-state index contributed by atoms with van der Waals surface area (Å²) in [5.74, 6) is 0. The Hall–Kier alpha value is -0.820. The lowest BCUT2D eigenvalue weighted by Gasteiger charge is -2.33. The van der Waals surface area contributed by atoms with Crippen LogP contribution in [-0.2, 0) is 5.54 Å². The highest BCUT2D eigenvalue weighted by Gasteiger charge is 2.22. The Morgan fingerprint density at radius 2 is 1.33 bits per heavy atom. The van der Waals surface area contributed by atoms with Gasteiger partial charge in [0.25, 0.3) is 0 Å². The fourth-order valence-electron chi connectivity index (χ4n) is 1.22. The molecule has 1 aromatic rings. The summed E-state index contributed by atoms with van der Waals surface area (Å²) in [7, 11) is 4.22. The molecule has 1 rings (SSSR count). The monoisotopic (exact) mass is 207 g/mol. The molecular formula is C14H25N. The average Bonchev–Trinajstić information content (AvgIpc) is 2.21. The Bertz CT molecular complexity index is 270. The highest BCUT2D eigenvalue weighted by molar-refractivity contribution is 5.26. The lowest BCUT2D eigenvalue weighted by atomic mass is 9.92. The minimum absolute atomic E-state index is 0.119. The maximum atomic E-state index is 2.23. The summed E-state index contributed by atoms with van der Waals surface area (Å²) in [5, 5.41) is 0. The Morgan fingerprint density at radius 1 is 0.933 bits per heavy atom. The van der Waals surface area contributed by atoms with E-state index in [0.717, 1.165) is 0 Å². The number of benzene rings is 1. The largest absolute Gasteiger partial charge is 0.300 e. The topological polar surface area (TPSA) is 3.24 Å². The maximum Gasteiger partial charge on any atom is 0.0398 e. The molecule has 0 fully saturated rings. The zero-order valence-electron chi connectivity index (χ0n) is 11.3. The third kappa shape index (κ3) is 3.67. The molecule has 0 amide bonds. The van der Waals surface area contributed by atoms with E-state index in [2.05, 4.69) is 64.0 Å². The SMILES string of the molecule is CC.Cc1ccc(C(C)(C)N(C)C)cc1. The number of rotatable bonds is 2. The van der Waals surface area contributed by atoms with Gasteiger partial charge in [-0.25, -0.2) is 0 Å². The van der Waals surface area contributed by atoms with E-state index in [4.69, 9.17) is 0 Å². The van der Waals surface area contributed by atoms with Gasteiger partial charge in [-0.05, 0) is 40.4 Å². The zero-order valence-corrected chi connectivity index (χ0v) is 11.3. The van der Waals surface area contributed by atoms with Crippen molar-refractivity contribution in [3.8, 4) is 0 Å². The number of hydrogen-bond donors (Lipinski definition) is 0. The van der Waals surface area contributed by atoms with Crippen molar-refractivity contribution < 1.29 is 0 Å². The van der Waals surface area contributed by atoms with Crippen molar-refractivity contribution in [3.05, 3.63) is 35.4 Å². The molecule has 0 saturated carbocycles. The molecule has 0 N–H and O–H groups in total. The van der Waals surface area contributed by atoms with Crippen LogP contribution in [0.1, 0.15) is 38.8 Å². The molecule has 0 heterocycles. The van der Waals surface area contributed by atoms with Gasteiger partial charge in [0.2, 0.25) is 0 Å². The molecule has 0 aliphatic heterocycles. The molecule has 1 heteroatoms. The first kappa shape index (κ1) is 14.2. The van der Waals surface area contributed by atoms with Crippen LogP contribution in [0, 0.1) is 6.92 Å². The smallest absolute Gasteiger partial charge is 0.0398 e. The van der Waals surface area contributed by atoms with Gasteiger partial charge in [0.1, 0.15) is 0 Å². The Kier molecular flexibility index (Phi) is 5.59. The molecule has 0 saturated heterocycles. The predicted octanol–water partition coefficient (Wildman–Crippen LogP) is 3.82. The van der Waals surface area contributed by atoms with E-state index in [0.29, 0.717) is 0 Å². The maximum absolute atomic E-state index is 2.23. The first-order valence-corrected chi connectivity index (χ1v) is 5.69. The molecule has 0 radical (unpaired) electrons. The quantitative estimate of drug-likeness (QED) is 0.712. The first-order valence-electron chi connectivity index (χ1n) is 5.69. The number of nitrogens with zero attached hydrogens (tertiary/aromatic N) is 1. The van der Waals surface area contributed by atoms with E-state index >= 15 is 0 Å². The predicted molar refractivity (Wildman–Crippen MR) is 69.2 cm³/mol. The number of hydrogen-bond acceptors (Lipinski definition) is 1. The van der Waals surface area contributed by atoms with Crippen molar-refractivity contribution in [2.45, 2.75) is 40.2 Å². The van der Waals surface area contributed by atoms with Gasteiger partial charge < -0.3 is 4.90 Å². The van der Waals surface area contributed by atoms with Crippen molar-refractivity contribution >= 4 is 0 Å². The highest BCUT2D eigenvalue weighted by atomic mass is 15.1. The Morgan fingerprint density at radius 3 is 1.67 bits per heavy atom. The van der Waals surface area contributed by atoms with Crippen LogP contribution in [0.15, 0.2) is 24.3 Å². The van der Waals surface area contributed by atoms with Crippen LogP contribution in [0.5, 0.6) is 0 Å². The minimum Gasteiger partial charge on any atom is -0.300 e. The van der Waals surface area contributed by atoms with Crippen molar-refractivity contribution in [1.82, 2.24) is 4.90 Å². The normalized spacial score (nSPS) is 10.9. The molecule has 0 bridgehead atoms. The van der Waals surface area contributed by atoms with E-state index in [9.17, 15) is 0 Å². The molecule has 0 aromatic heterocycles. The fourth-order valence-corrected chi connectivity index (χ4v) is 1.22. The zero-order chi connectivity index (χ0) is 12.1. The second kappa shape index (κ2) is 5.92. The van der Waals surface area contributed by atoms with Crippen LogP contribution in [0.3, 0.4) is 0 Å². The standard InChI is InChI=1S/C12H19N.C2H6/c1-10-6-8-11(9-7-10)12(2,3)13(4)5;1-2/h6-9H,1-5H3;1-2H3. The van der Waals surface area contributed by atoms with Gasteiger partial charge in [-0.15, -0.1) is 0 Å². The van der Waals surface area contributed by atoms with Gasteiger partial charge in [-0.3, -0.25) is 0 Å². The average molecular weight is 207 g/mol.